The van der Waals surface area contributed by atoms with Gasteiger partial charge in [-0.25, -0.2) is 0 Å². The lowest BCUT2D eigenvalue weighted by atomic mass is 10.1. The molecule has 0 spiro atoms. The van der Waals surface area contributed by atoms with Gasteiger partial charge in [-0.2, -0.15) is 5.10 Å². The van der Waals surface area contributed by atoms with Gasteiger partial charge in [-0.05, 0) is 44.5 Å². The SMILES string of the molecule is Cc1cc(C)n([C@@H]2CCN(C(=O)c3ccc4[nH]c(=O)c(=O)[nH]c4c3)C2)n1. The maximum absolute atomic E-state index is 12.8. The van der Waals surface area contributed by atoms with E-state index in [1.807, 2.05) is 24.6 Å². The molecule has 3 aromatic rings. The van der Waals surface area contributed by atoms with E-state index in [-0.39, 0.29) is 11.9 Å². The molecule has 4 rings (SSSR count). The van der Waals surface area contributed by atoms with Gasteiger partial charge in [0.2, 0.25) is 0 Å². The third-order valence-electron chi connectivity index (χ3n) is 4.81. The molecular weight excluding hydrogens is 334 g/mol. The molecule has 1 fully saturated rings. The second-order valence-corrected chi connectivity index (χ2v) is 6.73. The van der Waals surface area contributed by atoms with Crippen LogP contribution in [0.25, 0.3) is 11.0 Å². The maximum atomic E-state index is 12.8. The summed E-state index contributed by atoms with van der Waals surface area (Å²) in [7, 11) is 0. The zero-order chi connectivity index (χ0) is 18.4. The highest BCUT2D eigenvalue weighted by Crippen LogP contribution is 2.25. The van der Waals surface area contributed by atoms with Crippen LogP contribution in [-0.2, 0) is 0 Å². The van der Waals surface area contributed by atoms with Crippen LogP contribution in [0.2, 0.25) is 0 Å². The van der Waals surface area contributed by atoms with Gasteiger partial charge in [-0.15, -0.1) is 0 Å². The van der Waals surface area contributed by atoms with Crippen LogP contribution in [0, 0.1) is 13.8 Å². The molecule has 0 radical (unpaired) electrons. The average Bonchev–Trinajstić information content (AvgIpc) is 3.21. The topological polar surface area (TPSA) is 104 Å². The second kappa shape index (κ2) is 5.98. The van der Waals surface area contributed by atoms with Crippen LogP contribution in [0.5, 0.6) is 0 Å². The van der Waals surface area contributed by atoms with Crippen molar-refractivity contribution in [3.05, 3.63) is 61.9 Å². The number of aryl methyl sites for hydroxylation is 2. The van der Waals surface area contributed by atoms with Crippen LogP contribution in [-0.4, -0.2) is 43.6 Å². The third kappa shape index (κ3) is 2.73. The number of aromatic amines is 2. The van der Waals surface area contributed by atoms with E-state index < -0.39 is 11.1 Å². The van der Waals surface area contributed by atoms with Crippen molar-refractivity contribution in [3.63, 3.8) is 0 Å². The minimum atomic E-state index is -0.729. The first kappa shape index (κ1) is 16.3. The quantitative estimate of drug-likeness (QED) is 0.674. The fraction of sp³-hybridized carbons (Fsp3) is 0.333. The molecule has 1 aromatic carbocycles. The molecule has 2 aromatic heterocycles. The number of carbonyl (C=O) groups excluding carboxylic acids is 1. The molecule has 1 amide bonds. The van der Waals surface area contributed by atoms with Gasteiger partial charge in [0.1, 0.15) is 0 Å². The number of fused-ring (bicyclic) bond motifs is 1. The highest BCUT2D eigenvalue weighted by Gasteiger charge is 2.29. The molecule has 8 heteroatoms. The number of H-pyrrole nitrogens is 2. The molecule has 1 atom stereocenters. The van der Waals surface area contributed by atoms with Gasteiger partial charge >= 0.3 is 11.1 Å². The summed E-state index contributed by atoms with van der Waals surface area (Å²) in [5, 5.41) is 4.52. The standard InChI is InChI=1S/C18H19N5O3/c1-10-7-11(2)23(21-10)13-5-6-22(9-13)18(26)12-3-4-14-15(8-12)20-17(25)16(24)19-14/h3-4,7-8,13H,5-6,9H2,1-2H3,(H,19,24)(H,20,25)/t13-/m1/s1. The summed E-state index contributed by atoms with van der Waals surface area (Å²) in [5.41, 5.74) is 2.04. The molecule has 1 aliphatic rings. The number of carbonyl (C=O) groups is 1. The van der Waals surface area contributed by atoms with E-state index in [0.29, 0.717) is 29.7 Å². The van der Waals surface area contributed by atoms with E-state index in [9.17, 15) is 14.4 Å². The zero-order valence-corrected chi connectivity index (χ0v) is 14.6. The van der Waals surface area contributed by atoms with Crippen molar-refractivity contribution in [1.82, 2.24) is 24.6 Å². The van der Waals surface area contributed by atoms with Crippen molar-refractivity contribution in [2.24, 2.45) is 0 Å². The van der Waals surface area contributed by atoms with E-state index in [1.54, 1.807) is 23.1 Å². The lowest BCUT2D eigenvalue weighted by molar-refractivity contribution is 0.0787. The summed E-state index contributed by atoms with van der Waals surface area (Å²) in [6.07, 6.45) is 0.853. The third-order valence-corrected chi connectivity index (χ3v) is 4.81. The minimum Gasteiger partial charge on any atom is -0.336 e. The van der Waals surface area contributed by atoms with E-state index in [4.69, 9.17) is 0 Å². The highest BCUT2D eigenvalue weighted by atomic mass is 16.2. The Morgan fingerprint density at radius 3 is 2.54 bits per heavy atom. The summed E-state index contributed by atoms with van der Waals surface area (Å²) in [5.74, 6) is -0.0945. The number of aromatic nitrogens is 4. The van der Waals surface area contributed by atoms with Crippen LogP contribution in [0.3, 0.4) is 0 Å². The molecule has 134 valence electrons. The molecule has 0 aliphatic carbocycles. The first-order chi connectivity index (χ1) is 12.4. The monoisotopic (exact) mass is 353 g/mol. The second-order valence-electron chi connectivity index (χ2n) is 6.73. The number of benzene rings is 1. The highest BCUT2D eigenvalue weighted by molar-refractivity contribution is 5.97. The normalized spacial score (nSPS) is 17.2. The minimum absolute atomic E-state index is 0.0945. The smallest absolute Gasteiger partial charge is 0.314 e. The molecule has 2 N–H and O–H groups in total. The maximum Gasteiger partial charge on any atom is 0.314 e. The largest absolute Gasteiger partial charge is 0.336 e. The van der Waals surface area contributed by atoms with Gasteiger partial charge in [-0.3, -0.25) is 19.1 Å². The molecule has 0 unspecified atom stereocenters. The fourth-order valence-corrected chi connectivity index (χ4v) is 3.57. The Hall–Kier alpha value is -3.16. The van der Waals surface area contributed by atoms with Crippen molar-refractivity contribution >= 4 is 16.9 Å². The van der Waals surface area contributed by atoms with E-state index >= 15 is 0 Å². The number of likely N-dealkylation sites (tertiary alicyclic amines) is 1. The van der Waals surface area contributed by atoms with Gasteiger partial charge in [0, 0.05) is 24.3 Å². The number of amides is 1. The van der Waals surface area contributed by atoms with Crippen molar-refractivity contribution in [2.75, 3.05) is 13.1 Å². The molecule has 8 nitrogen and oxygen atoms in total. The van der Waals surface area contributed by atoms with Gasteiger partial charge < -0.3 is 14.9 Å². The molecule has 1 aliphatic heterocycles. The number of hydrogen-bond donors (Lipinski definition) is 2. The Labute approximate surface area is 148 Å². The summed E-state index contributed by atoms with van der Waals surface area (Å²) in [4.78, 5) is 42.5. The summed E-state index contributed by atoms with van der Waals surface area (Å²) in [6.45, 7) is 5.23. The molecule has 0 saturated carbocycles. The van der Waals surface area contributed by atoms with Crippen LogP contribution in [0.15, 0.2) is 33.9 Å². The Bertz CT molecular complexity index is 1120. The lowest BCUT2D eigenvalue weighted by Crippen LogP contribution is -2.30. The summed E-state index contributed by atoms with van der Waals surface area (Å²) < 4.78 is 1.99. The van der Waals surface area contributed by atoms with Gasteiger partial charge in [0.25, 0.3) is 5.91 Å². The van der Waals surface area contributed by atoms with Crippen LogP contribution in [0.4, 0.5) is 0 Å². The first-order valence-corrected chi connectivity index (χ1v) is 8.51. The van der Waals surface area contributed by atoms with Crippen molar-refractivity contribution in [2.45, 2.75) is 26.3 Å². The Morgan fingerprint density at radius 2 is 1.85 bits per heavy atom. The molecular formula is C18H19N5O3. The summed E-state index contributed by atoms with van der Waals surface area (Å²) in [6, 6.07) is 7.10. The van der Waals surface area contributed by atoms with E-state index in [2.05, 4.69) is 15.1 Å². The molecule has 1 saturated heterocycles. The van der Waals surface area contributed by atoms with Crippen LogP contribution < -0.4 is 11.1 Å². The number of rotatable bonds is 2. The fourth-order valence-electron chi connectivity index (χ4n) is 3.57. The van der Waals surface area contributed by atoms with Crippen LogP contribution in [0.1, 0.15) is 34.2 Å². The number of hydrogen-bond acceptors (Lipinski definition) is 4. The van der Waals surface area contributed by atoms with E-state index in [0.717, 1.165) is 17.8 Å². The summed E-state index contributed by atoms with van der Waals surface area (Å²) >= 11 is 0. The molecule has 26 heavy (non-hydrogen) atoms. The van der Waals surface area contributed by atoms with E-state index in [1.165, 1.54) is 0 Å². The Morgan fingerprint density at radius 1 is 1.12 bits per heavy atom. The van der Waals surface area contributed by atoms with Crippen molar-refractivity contribution in [1.29, 1.82) is 0 Å². The lowest BCUT2D eigenvalue weighted by Gasteiger charge is -2.17. The predicted octanol–water partition coefficient (Wildman–Crippen LogP) is 1.12. The number of nitrogens with one attached hydrogen (secondary N) is 2. The zero-order valence-electron chi connectivity index (χ0n) is 14.6. The van der Waals surface area contributed by atoms with Gasteiger partial charge in [-0.1, -0.05) is 0 Å². The molecule has 3 heterocycles. The molecule has 0 bridgehead atoms. The average molecular weight is 353 g/mol. The predicted molar refractivity (Wildman–Crippen MR) is 96.4 cm³/mol. The Kier molecular flexibility index (Phi) is 3.75. The van der Waals surface area contributed by atoms with Crippen molar-refractivity contribution in [3.8, 4) is 0 Å². The first-order valence-electron chi connectivity index (χ1n) is 8.51. The van der Waals surface area contributed by atoms with Gasteiger partial charge in [0.15, 0.2) is 0 Å². The Balaban J connectivity index is 1.59. The van der Waals surface area contributed by atoms with Crippen molar-refractivity contribution < 1.29 is 4.79 Å². The van der Waals surface area contributed by atoms with Crippen LogP contribution >= 0.6 is 0 Å². The van der Waals surface area contributed by atoms with Gasteiger partial charge in [0.05, 0.1) is 22.8 Å². The number of nitrogens with zero attached hydrogens (tertiary/aromatic N) is 3.